The zero-order chi connectivity index (χ0) is 21.2. The highest BCUT2D eigenvalue weighted by Gasteiger charge is 2.43. The van der Waals surface area contributed by atoms with Crippen molar-refractivity contribution in [3.63, 3.8) is 0 Å². The normalized spacial score (nSPS) is 19.3. The molecule has 3 rings (SSSR count). The Morgan fingerprint density at radius 3 is 2.76 bits per heavy atom. The molecule has 2 aromatic rings. The Bertz CT molecular complexity index is 920. The first-order valence-corrected chi connectivity index (χ1v) is 9.82. The highest BCUT2D eigenvalue weighted by Crippen LogP contribution is 2.43. The molecule has 0 radical (unpaired) electrons. The van der Waals surface area contributed by atoms with Crippen LogP contribution in [0.4, 0.5) is 10.1 Å². The van der Waals surface area contributed by atoms with Gasteiger partial charge in [-0.2, -0.15) is 0 Å². The van der Waals surface area contributed by atoms with Crippen LogP contribution < -0.4 is 10.5 Å². The van der Waals surface area contributed by atoms with E-state index < -0.39 is 17.2 Å². The minimum absolute atomic E-state index is 0.150. The molecule has 1 aliphatic carbocycles. The Morgan fingerprint density at radius 2 is 2.07 bits per heavy atom. The second-order valence-electron chi connectivity index (χ2n) is 7.34. The Balaban J connectivity index is 1.95. The SMILES string of the molecule is COC(=O)c1cc(N)c(OC[C@@]2(C(C)OC)CCCc3cc(Cl)ccc32)cc1F. The van der Waals surface area contributed by atoms with Crippen molar-refractivity contribution in [2.75, 3.05) is 26.6 Å². The average molecular weight is 422 g/mol. The zero-order valence-electron chi connectivity index (χ0n) is 16.8. The Morgan fingerprint density at radius 1 is 1.31 bits per heavy atom. The average Bonchev–Trinajstić information content (AvgIpc) is 2.72. The number of esters is 1. The lowest BCUT2D eigenvalue weighted by Crippen LogP contribution is -2.46. The van der Waals surface area contributed by atoms with Crippen molar-refractivity contribution in [2.45, 2.75) is 37.7 Å². The molecule has 29 heavy (non-hydrogen) atoms. The summed E-state index contributed by atoms with van der Waals surface area (Å²) in [5.41, 5.74) is 7.80. The van der Waals surface area contributed by atoms with Crippen molar-refractivity contribution >= 4 is 23.3 Å². The molecule has 0 spiro atoms. The van der Waals surface area contributed by atoms with Gasteiger partial charge in [0.05, 0.1) is 29.9 Å². The molecule has 2 atom stereocenters. The van der Waals surface area contributed by atoms with Crippen molar-refractivity contribution in [3.05, 3.63) is 57.9 Å². The van der Waals surface area contributed by atoms with Crippen LogP contribution in [-0.4, -0.2) is 32.9 Å². The third kappa shape index (κ3) is 4.05. The maximum atomic E-state index is 14.4. The number of ether oxygens (including phenoxy) is 3. The van der Waals surface area contributed by atoms with Gasteiger partial charge in [0, 0.05) is 18.2 Å². The number of benzene rings is 2. The van der Waals surface area contributed by atoms with Crippen LogP contribution in [0, 0.1) is 5.82 Å². The number of rotatable bonds is 6. The fourth-order valence-electron chi connectivity index (χ4n) is 4.07. The van der Waals surface area contributed by atoms with E-state index in [0.717, 1.165) is 36.5 Å². The molecule has 0 saturated heterocycles. The summed E-state index contributed by atoms with van der Waals surface area (Å²) in [4.78, 5) is 11.7. The van der Waals surface area contributed by atoms with Crippen molar-refractivity contribution in [1.29, 1.82) is 0 Å². The van der Waals surface area contributed by atoms with E-state index in [4.69, 9.17) is 26.8 Å². The molecule has 7 heteroatoms. The summed E-state index contributed by atoms with van der Waals surface area (Å²) in [6, 6.07) is 8.21. The minimum atomic E-state index is -0.789. The maximum Gasteiger partial charge on any atom is 0.340 e. The number of nitrogen functional groups attached to an aromatic ring is 1. The molecule has 2 N–H and O–H groups in total. The van der Waals surface area contributed by atoms with E-state index in [9.17, 15) is 9.18 Å². The number of carbonyl (C=O) groups is 1. The molecule has 0 aromatic heterocycles. The van der Waals surface area contributed by atoms with Gasteiger partial charge in [-0.1, -0.05) is 17.7 Å². The lowest BCUT2D eigenvalue weighted by molar-refractivity contribution is 0.0112. The Hall–Kier alpha value is -2.31. The summed E-state index contributed by atoms with van der Waals surface area (Å²) in [5, 5.41) is 0.690. The quantitative estimate of drug-likeness (QED) is 0.547. The van der Waals surface area contributed by atoms with E-state index in [1.165, 1.54) is 13.2 Å². The molecule has 156 valence electrons. The fourth-order valence-corrected chi connectivity index (χ4v) is 4.26. The standard InChI is InChI=1S/C22H25ClFNO4/c1-13(27-2)22(8-4-5-14-9-15(23)6-7-17(14)22)12-29-20-11-18(24)16(10-19(20)25)21(26)28-3/h6-7,9-11,13H,4-5,8,12,25H2,1-3H3/t13?,22-/m1/s1. The van der Waals surface area contributed by atoms with Crippen molar-refractivity contribution in [2.24, 2.45) is 0 Å². The summed E-state index contributed by atoms with van der Waals surface area (Å²) in [5.74, 6) is -1.35. The molecule has 0 fully saturated rings. The Labute approximate surface area is 174 Å². The van der Waals surface area contributed by atoms with Gasteiger partial charge in [-0.05, 0) is 55.5 Å². The number of carbonyl (C=O) groups excluding carboxylic acids is 1. The van der Waals surface area contributed by atoms with Crippen LogP contribution in [0.15, 0.2) is 30.3 Å². The van der Waals surface area contributed by atoms with E-state index in [1.807, 2.05) is 25.1 Å². The number of halogens is 2. The summed E-state index contributed by atoms with van der Waals surface area (Å²) >= 11 is 6.19. The molecule has 5 nitrogen and oxygen atoms in total. The number of nitrogens with two attached hydrogens (primary N) is 1. The van der Waals surface area contributed by atoms with Gasteiger partial charge in [-0.15, -0.1) is 0 Å². The molecule has 0 heterocycles. The fraction of sp³-hybridized carbons (Fsp3) is 0.409. The van der Waals surface area contributed by atoms with Crippen LogP contribution in [-0.2, 0) is 21.3 Å². The van der Waals surface area contributed by atoms with Crippen molar-refractivity contribution in [1.82, 2.24) is 0 Å². The highest BCUT2D eigenvalue weighted by atomic mass is 35.5. The first kappa shape index (κ1) is 21.4. The summed E-state index contributed by atoms with van der Waals surface area (Å²) in [6.45, 7) is 2.25. The van der Waals surface area contributed by atoms with E-state index in [2.05, 4.69) is 4.74 Å². The van der Waals surface area contributed by atoms with Gasteiger partial charge in [0.1, 0.15) is 18.2 Å². The lowest BCUT2D eigenvalue weighted by atomic mass is 9.67. The largest absolute Gasteiger partial charge is 0.490 e. The predicted molar refractivity (Wildman–Crippen MR) is 110 cm³/mol. The second-order valence-corrected chi connectivity index (χ2v) is 7.78. The molecule has 0 saturated carbocycles. The summed E-state index contributed by atoms with van der Waals surface area (Å²) in [6.07, 6.45) is 2.58. The lowest BCUT2D eigenvalue weighted by Gasteiger charge is -2.42. The number of fused-ring (bicyclic) bond motifs is 1. The third-order valence-electron chi connectivity index (χ3n) is 5.79. The first-order chi connectivity index (χ1) is 13.8. The molecular weight excluding hydrogens is 397 g/mol. The number of anilines is 1. The smallest absolute Gasteiger partial charge is 0.340 e. The predicted octanol–water partition coefficient (Wildman–Crippen LogP) is 4.54. The third-order valence-corrected chi connectivity index (χ3v) is 6.03. The van der Waals surface area contributed by atoms with E-state index in [-0.39, 0.29) is 29.7 Å². The summed E-state index contributed by atoms with van der Waals surface area (Å²) < 4.78 is 30.7. The van der Waals surface area contributed by atoms with Gasteiger partial charge in [0.15, 0.2) is 0 Å². The van der Waals surface area contributed by atoms with E-state index >= 15 is 0 Å². The van der Waals surface area contributed by atoms with Crippen molar-refractivity contribution < 1.29 is 23.4 Å². The molecular formula is C22H25ClFNO4. The Kier molecular flexibility index (Phi) is 6.34. The molecule has 1 unspecified atom stereocenters. The molecule has 0 amide bonds. The van der Waals surface area contributed by atoms with Gasteiger partial charge in [-0.3, -0.25) is 0 Å². The van der Waals surface area contributed by atoms with Crippen molar-refractivity contribution in [3.8, 4) is 5.75 Å². The summed E-state index contributed by atoms with van der Waals surface area (Å²) in [7, 11) is 2.85. The van der Waals surface area contributed by atoms with Crippen LogP contribution in [0.1, 0.15) is 41.3 Å². The number of aryl methyl sites for hydroxylation is 1. The van der Waals surface area contributed by atoms with Gasteiger partial charge in [-0.25, -0.2) is 9.18 Å². The maximum absolute atomic E-state index is 14.4. The highest BCUT2D eigenvalue weighted by molar-refractivity contribution is 6.30. The number of methoxy groups -OCH3 is 2. The molecule has 1 aliphatic rings. The van der Waals surface area contributed by atoms with Crippen LogP contribution in [0.2, 0.25) is 5.02 Å². The molecule has 0 aliphatic heterocycles. The topological polar surface area (TPSA) is 70.8 Å². The zero-order valence-corrected chi connectivity index (χ0v) is 17.5. The van der Waals surface area contributed by atoms with Gasteiger partial charge in [0.25, 0.3) is 0 Å². The van der Waals surface area contributed by atoms with Gasteiger partial charge in [0.2, 0.25) is 0 Å². The number of hydrogen-bond acceptors (Lipinski definition) is 5. The first-order valence-electron chi connectivity index (χ1n) is 9.44. The molecule has 0 bridgehead atoms. The van der Waals surface area contributed by atoms with E-state index in [1.54, 1.807) is 7.11 Å². The van der Waals surface area contributed by atoms with Crippen LogP contribution >= 0.6 is 11.6 Å². The molecule has 2 aromatic carbocycles. The monoisotopic (exact) mass is 421 g/mol. The van der Waals surface area contributed by atoms with Gasteiger partial charge < -0.3 is 19.9 Å². The minimum Gasteiger partial charge on any atom is -0.490 e. The van der Waals surface area contributed by atoms with E-state index in [0.29, 0.717) is 5.02 Å². The number of hydrogen-bond donors (Lipinski definition) is 1. The van der Waals surface area contributed by atoms with Gasteiger partial charge >= 0.3 is 5.97 Å². The van der Waals surface area contributed by atoms with Crippen LogP contribution in [0.3, 0.4) is 0 Å². The van der Waals surface area contributed by atoms with Crippen LogP contribution in [0.5, 0.6) is 5.75 Å². The second kappa shape index (κ2) is 8.59. The van der Waals surface area contributed by atoms with Crippen LogP contribution in [0.25, 0.3) is 0 Å².